The highest BCUT2D eigenvalue weighted by atomic mass is 32.2. The van der Waals surface area contributed by atoms with Crippen LogP contribution in [0.5, 0.6) is 0 Å². The maximum absolute atomic E-state index is 11.4. The molecule has 7 heteroatoms. The van der Waals surface area contributed by atoms with Gasteiger partial charge in [0.05, 0.1) is 18.0 Å². The van der Waals surface area contributed by atoms with Crippen molar-refractivity contribution in [2.24, 2.45) is 0 Å². The highest BCUT2D eigenvalue weighted by Gasteiger charge is 2.14. The number of sulfonamides is 1. The Morgan fingerprint density at radius 3 is 2.52 bits per heavy atom. The molecule has 1 N–H and O–H groups in total. The van der Waals surface area contributed by atoms with E-state index in [1.165, 1.54) is 10.6 Å². The van der Waals surface area contributed by atoms with E-state index in [4.69, 9.17) is 0 Å². The Morgan fingerprint density at radius 1 is 1.38 bits per heavy atom. The summed E-state index contributed by atoms with van der Waals surface area (Å²) in [6, 6.07) is 0. The summed E-state index contributed by atoms with van der Waals surface area (Å²) in [4.78, 5) is 0. The molecule has 0 aromatic carbocycles. The first-order chi connectivity index (χ1) is 9.64. The highest BCUT2D eigenvalue weighted by Crippen LogP contribution is 2.12. The van der Waals surface area contributed by atoms with Crippen LogP contribution in [-0.2, 0) is 22.1 Å². The first kappa shape index (κ1) is 18.1. The summed E-state index contributed by atoms with van der Waals surface area (Å²) in [7, 11) is -3.08. The van der Waals surface area contributed by atoms with Crippen molar-refractivity contribution in [2.75, 3.05) is 25.9 Å². The van der Waals surface area contributed by atoms with E-state index < -0.39 is 10.0 Å². The molecule has 1 aromatic rings. The molecule has 0 bridgehead atoms. The van der Waals surface area contributed by atoms with Crippen LogP contribution in [0, 0.1) is 0 Å². The van der Waals surface area contributed by atoms with Gasteiger partial charge in [-0.2, -0.15) is 5.10 Å². The molecule has 0 spiro atoms. The fourth-order valence-electron chi connectivity index (χ4n) is 1.99. The summed E-state index contributed by atoms with van der Waals surface area (Å²) in [5, 5.41) is 7.67. The van der Waals surface area contributed by atoms with Gasteiger partial charge in [-0.3, -0.25) is 4.68 Å². The zero-order chi connectivity index (χ0) is 16.1. The van der Waals surface area contributed by atoms with Crippen molar-refractivity contribution >= 4 is 10.0 Å². The van der Waals surface area contributed by atoms with Crippen LogP contribution in [0.15, 0.2) is 12.4 Å². The van der Waals surface area contributed by atoms with Crippen molar-refractivity contribution in [2.45, 2.75) is 46.2 Å². The summed E-state index contributed by atoms with van der Waals surface area (Å²) in [5.74, 6) is 0. The first-order valence-electron chi connectivity index (χ1n) is 7.34. The van der Waals surface area contributed by atoms with Gasteiger partial charge >= 0.3 is 0 Å². The molecule has 0 radical (unpaired) electrons. The molecule has 1 aromatic heterocycles. The minimum Gasteiger partial charge on any atom is -0.313 e. The SMILES string of the molecule is CCN(CCCNCc1cnn(C(C)(C)C)c1)S(C)(=O)=O. The zero-order valence-corrected chi connectivity index (χ0v) is 14.6. The van der Waals surface area contributed by atoms with Crippen LogP contribution in [0.4, 0.5) is 0 Å². The average molecular weight is 316 g/mol. The van der Waals surface area contributed by atoms with E-state index in [1.54, 1.807) is 0 Å². The van der Waals surface area contributed by atoms with E-state index in [0.717, 1.165) is 25.1 Å². The number of hydrogen-bond donors (Lipinski definition) is 1. The van der Waals surface area contributed by atoms with Gasteiger partial charge in [0, 0.05) is 31.4 Å². The molecule has 1 rings (SSSR count). The van der Waals surface area contributed by atoms with Gasteiger partial charge in [-0.15, -0.1) is 0 Å². The fraction of sp³-hybridized carbons (Fsp3) is 0.786. The van der Waals surface area contributed by atoms with Gasteiger partial charge < -0.3 is 5.32 Å². The molecule has 0 amide bonds. The van der Waals surface area contributed by atoms with E-state index >= 15 is 0 Å². The Balaban J connectivity index is 2.30. The quantitative estimate of drug-likeness (QED) is 0.736. The van der Waals surface area contributed by atoms with E-state index in [2.05, 4.69) is 31.2 Å². The van der Waals surface area contributed by atoms with Crippen LogP contribution in [0.2, 0.25) is 0 Å². The van der Waals surface area contributed by atoms with Crippen molar-refractivity contribution in [1.29, 1.82) is 0 Å². The van der Waals surface area contributed by atoms with Crippen molar-refractivity contribution in [1.82, 2.24) is 19.4 Å². The fourth-order valence-corrected chi connectivity index (χ4v) is 2.92. The van der Waals surface area contributed by atoms with Crippen LogP contribution < -0.4 is 5.32 Å². The average Bonchev–Trinajstić information content (AvgIpc) is 2.80. The van der Waals surface area contributed by atoms with Crippen molar-refractivity contribution < 1.29 is 8.42 Å². The van der Waals surface area contributed by atoms with Crippen molar-refractivity contribution in [3.8, 4) is 0 Å². The summed E-state index contributed by atoms with van der Waals surface area (Å²) in [6.45, 7) is 10.8. The van der Waals surface area contributed by atoms with Gasteiger partial charge in [-0.05, 0) is 33.7 Å². The minimum atomic E-state index is -3.08. The smallest absolute Gasteiger partial charge is 0.211 e. The zero-order valence-electron chi connectivity index (χ0n) is 13.8. The van der Waals surface area contributed by atoms with Crippen LogP contribution in [-0.4, -0.2) is 48.4 Å². The largest absolute Gasteiger partial charge is 0.313 e. The molecule has 0 aliphatic carbocycles. The molecule has 0 fully saturated rings. The topological polar surface area (TPSA) is 67.2 Å². The van der Waals surface area contributed by atoms with Crippen molar-refractivity contribution in [3.63, 3.8) is 0 Å². The molecule has 6 nitrogen and oxygen atoms in total. The number of nitrogens with one attached hydrogen (secondary N) is 1. The maximum atomic E-state index is 11.4. The van der Waals surface area contributed by atoms with Gasteiger partial charge in [0.2, 0.25) is 10.0 Å². The Kier molecular flexibility index (Phi) is 6.37. The highest BCUT2D eigenvalue weighted by molar-refractivity contribution is 7.88. The van der Waals surface area contributed by atoms with Gasteiger partial charge in [-0.1, -0.05) is 6.92 Å². The Bertz CT molecular complexity index is 531. The van der Waals surface area contributed by atoms with E-state index in [9.17, 15) is 8.42 Å². The lowest BCUT2D eigenvalue weighted by atomic mass is 10.1. The minimum absolute atomic E-state index is 0.00460. The molecule has 122 valence electrons. The van der Waals surface area contributed by atoms with Crippen LogP contribution in [0.25, 0.3) is 0 Å². The maximum Gasteiger partial charge on any atom is 0.211 e. The Morgan fingerprint density at radius 2 is 2.05 bits per heavy atom. The predicted octanol–water partition coefficient (Wildman–Crippen LogP) is 1.40. The van der Waals surface area contributed by atoms with Gasteiger partial charge in [0.1, 0.15) is 0 Å². The summed E-state index contributed by atoms with van der Waals surface area (Å²) in [6.07, 6.45) is 5.97. The third-order valence-corrected chi connectivity index (χ3v) is 4.61. The third-order valence-electron chi connectivity index (χ3n) is 3.24. The second kappa shape index (κ2) is 7.38. The molecular weight excluding hydrogens is 288 g/mol. The van der Waals surface area contributed by atoms with Crippen molar-refractivity contribution in [3.05, 3.63) is 18.0 Å². The standard InChI is InChI=1S/C14H28N4O2S/c1-6-17(21(5,19)20)9-7-8-15-10-13-11-16-18(12-13)14(2,3)4/h11-12,15H,6-10H2,1-5H3. The molecule has 21 heavy (non-hydrogen) atoms. The number of rotatable bonds is 8. The molecule has 0 saturated carbocycles. The third kappa shape index (κ3) is 6.15. The molecule has 0 unspecified atom stereocenters. The van der Waals surface area contributed by atoms with Gasteiger partial charge in [0.25, 0.3) is 0 Å². The summed E-state index contributed by atoms with van der Waals surface area (Å²) < 4.78 is 26.3. The number of hydrogen-bond acceptors (Lipinski definition) is 4. The molecule has 0 saturated heterocycles. The second-order valence-corrected chi connectivity index (χ2v) is 8.23. The molecule has 0 aliphatic rings. The molecule has 1 heterocycles. The van der Waals surface area contributed by atoms with Crippen LogP contribution in [0.3, 0.4) is 0 Å². The second-order valence-electron chi connectivity index (χ2n) is 6.25. The van der Waals surface area contributed by atoms with E-state index in [-0.39, 0.29) is 5.54 Å². The lowest BCUT2D eigenvalue weighted by Crippen LogP contribution is -2.32. The number of nitrogens with zero attached hydrogens (tertiary/aromatic N) is 3. The first-order valence-corrected chi connectivity index (χ1v) is 9.19. The lowest BCUT2D eigenvalue weighted by Gasteiger charge is -2.18. The van der Waals surface area contributed by atoms with Gasteiger partial charge in [0.15, 0.2) is 0 Å². The van der Waals surface area contributed by atoms with E-state index in [0.29, 0.717) is 13.1 Å². The molecular formula is C14H28N4O2S. The van der Waals surface area contributed by atoms with Gasteiger partial charge in [-0.25, -0.2) is 12.7 Å². The lowest BCUT2D eigenvalue weighted by molar-refractivity contribution is 0.355. The van der Waals surface area contributed by atoms with E-state index in [1.807, 2.05) is 24.0 Å². The monoisotopic (exact) mass is 316 g/mol. The van der Waals surface area contributed by atoms with Crippen LogP contribution >= 0.6 is 0 Å². The molecule has 0 aliphatic heterocycles. The van der Waals surface area contributed by atoms with Crippen LogP contribution in [0.1, 0.15) is 39.7 Å². The molecule has 0 atom stereocenters. The normalized spacial score (nSPS) is 13.0. The Hall–Kier alpha value is -0.920. The summed E-state index contributed by atoms with van der Waals surface area (Å²) in [5.41, 5.74) is 1.13. The number of aromatic nitrogens is 2. The summed E-state index contributed by atoms with van der Waals surface area (Å²) >= 11 is 0. The Labute approximate surface area is 128 Å². The predicted molar refractivity (Wildman–Crippen MR) is 85.6 cm³/mol.